The lowest BCUT2D eigenvalue weighted by molar-refractivity contribution is -0.141. The van der Waals surface area contributed by atoms with Gasteiger partial charge >= 0.3 is 0 Å². The van der Waals surface area contributed by atoms with E-state index in [9.17, 15) is 4.79 Å². The molecule has 0 spiro atoms. The lowest BCUT2D eigenvalue weighted by Crippen LogP contribution is -2.43. The minimum atomic E-state index is -0.297. The average molecular weight is 342 g/mol. The monoisotopic (exact) mass is 341 g/mol. The van der Waals surface area contributed by atoms with E-state index in [1.165, 1.54) is 11.3 Å². The second-order valence-corrected chi connectivity index (χ2v) is 6.84. The molecule has 0 N–H and O–H groups in total. The van der Waals surface area contributed by atoms with Crippen molar-refractivity contribution in [2.45, 2.75) is 25.8 Å². The summed E-state index contributed by atoms with van der Waals surface area (Å²) in [4.78, 5) is 15.4. The Bertz CT molecular complexity index is 657. The van der Waals surface area contributed by atoms with Crippen molar-refractivity contribution >= 4 is 28.8 Å². The van der Waals surface area contributed by atoms with Crippen LogP contribution in [0.5, 0.6) is 0 Å². The van der Waals surface area contributed by atoms with E-state index in [1.54, 1.807) is 11.8 Å². The van der Waals surface area contributed by atoms with E-state index in [-0.39, 0.29) is 11.9 Å². The molecule has 2 aromatic heterocycles. The van der Waals surface area contributed by atoms with Crippen molar-refractivity contribution in [3.8, 4) is 0 Å². The minimum Gasteiger partial charge on any atom is -0.423 e. The SMILES string of the molecule is Cc1nnc([C@@H]2COCCN2C(=O)CCc2ccc(Cl)s2)o1. The average Bonchev–Trinajstić information content (AvgIpc) is 3.13. The summed E-state index contributed by atoms with van der Waals surface area (Å²) in [6.07, 6.45) is 1.11. The second kappa shape index (κ2) is 6.76. The fourth-order valence-corrected chi connectivity index (χ4v) is 3.50. The molecule has 1 saturated heterocycles. The van der Waals surface area contributed by atoms with Gasteiger partial charge in [0.1, 0.15) is 6.04 Å². The predicted octanol–water partition coefficient (Wildman–Crippen LogP) is 2.63. The van der Waals surface area contributed by atoms with Crippen LogP contribution in [0.4, 0.5) is 0 Å². The molecule has 0 saturated carbocycles. The Kier molecular flexibility index (Phi) is 4.75. The molecule has 0 aromatic carbocycles. The maximum absolute atomic E-state index is 12.5. The Balaban J connectivity index is 1.66. The number of aromatic nitrogens is 2. The summed E-state index contributed by atoms with van der Waals surface area (Å²) in [5.74, 6) is 0.986. The summed E-state index contributed by atoms with van der Waals surface area (Å²) in [5.41, 5.74) is 0. The zero-order valence-corrected chi connectivity index (χ0v) is 13.7. The topological polar surface area (TPSA) is 68.5 Å². The summed E-state index contributed by atoms with van der Waals surface area (Å²) >= 11 is 7.41. The van der Waals surface area contributed by atoms with Crippen molar-refractivity contribution in [3.05, 3.63) is 33.1 Å². The fourth-order valence-electron chi connectivity index (χ4n) is 2.41. The van der Waals surface area contributed by atoms with Gasteiger partial charge in [0.05, 0.1) is 17.6 Å². The summed E-state index contributed by atoms with van der Waals surface area (Å²) in [6, 6.07) is 3.51. The lowest BCUT2D eigenvalue weighted by atomic mass is 10.1. The summed E-state index contributed by atoms with van der Waals surface area (Å²) in [6.45, 7) is 3.18. The molecule has 1 amide bonds. The van der Waals surface area contributed by atoms with Gasteiger partial charge in [-0.15, -0.1) is 21.5 Å². The van der Waals surface area contributed by atoms with Crippen LogP contribution in [-0.4, -0.2) is 40.8 Å². The number of aryl methyl sites for hydroxylation is 2. The lowest BCUT2D eigenvalue weighted by Gasteiger charge is -2.33. The van der Waals surface area contributed by atoms with Gasteiger partial charge in [0.2, 0.25) is 17.7 Å². The smallest absolute Gasteiger partial charge is 0.241 e. The number of amides is 1. The molecule has 0 bridgehead atoms. The van der Waals surface area contributed by atoms with E-state index in [0.717, 1.165) is 9.21 Å². The molecule has 118 valence electrons. The normalized spacial score (nSPS) is 18.6. The van der Waals surface area contributed by atoms with Gasteiger partial charge < -0.3 is 14.1 Å². The number of thiophene rings is 1. The standard InChI is InChI=1S/C14H16ClN3O3S/c1-9-16-17-14(21-9)11-8-20-7-6-18(11)13(19)5-3-10-2-4-12(15)22-10/h2,4,11H,3,5-8H2,1H3/t11-/m0/s1. The molecular formula is C14H16ClN3O3S. The third-order valence-electron chi connectivity index (χ3n) is 3.49. The quantitative estimate of drug-likeness (QED) is 0.855. The van der Waals surface area contributed by atoms with E-state index in [4.69, 9.17) is 20.8 Å². The van der Waals surface area contributed by atoms with Crippen LogP contribution in [0.25, 0.3) is 0 Å². The van der Waals surface area contributed by atoms with Crippen LogP contribution in [-0.2, 0) is 16.0 Å². The van der Waals surface area contributed by atoms with Gasteiger partial charge in [0.15, 0.2) is 0 Å². The Morgan fingerprint density at radius 1 is 1.50 bits per heavy atom. The van der Waals surface area contributed by atoms with Gasteiger partial charge in [-0.05, 0) is 18.6 Å². The number of nitrogens with zero attached hydrogens (tertiary/aromatic N) is 3. The van der Waals surface area contributed by atoms with Crippen LogP contribution in [0.15, 0.2) is 16.5 Å². The molecule has 3 heterocycles. The molecule has 2 aromatic rings. The van der Waals surface area contributed by atoms with Gasteiger partial charge in [-0.3, -0.25) is 4.79 Å². The molecule has 6 nitrogen and oxygen atoms in total. The van der Waals surface area contributed by atoms with E-state index in [0.29, 0.717) is 44.4 Å². The van der Waals surface area contributed by atoms with Crippen molar-refractivity contribution in [3.63, 3.8) is 0 Å². The van der Waals surface area contributed by atoms with Crippen LogP contribution >= 0.6 is 22.9 Å². The third kappa shape index (κ3) is 3.48. The Labute approximate surface area is 137 Å². The van der Waals surface area contributed by atoms with Gasteiger partial charge in [0.25, 0.3) is 0 Å². The first-order chi connectivity index (χ1) is 10.6. The number of carbonyl (C=O) groups excluding carboxylic acids is 1. The zero-order chi connectivity index (χ0) is 15.5. The first-order valence-corrected chi connectivity index (χ1v) is 8.24. The van der Waals surface area contributed by atoms with Crippen molar-refractivity contribution in [1.29, 1.82) is 0 Å². The number of rotatable bonds is 4. The first-order valence-electron chi connectivity index (χ1n) is 7.05. The second-order valence-electron chi connectivity index (χ2n) is 5.04. The molecule has 0 radical (unpaired) electrons. The van der Waals surface area contributed by atoms with Crippen LogP contribution in [0.1, 0.15) is 29.1 Å². The Morgan fingerprint density at radius 3 is 3.05 bits per heavy atom. The van der Waals surface area contributed by atoms with Crippen LogP contribution < -0.4 is 0 Å². The predicted molar refractivity (Wildman–Crippen MR) is 82.0 cm³/mol. The number of carbonyl (C=O) groups is 1. The Hall–Kier alpha value is -1.44. The number of hydrogen-bond acceptors (Lipinski definition) is 6. The van der Waals surface area contributed by atoms with Gasteiger partial charge in [-0.1, -0.05) is 11.6 Å². The number of halogens is 1. The Morgan fingerprint density at radius 2 is 2.36 bits per heavy atom. The van der Waals surface area contributed by atoms with Crippen LogP contribution in [0, 0.1) is 6.92 Å². The van der Waals surface area contributed by atoms with Crippen molar-refractivity contribution in [2.24, 2.45) is 0 Å². The number of morpholine rings is 1. The van der Waals surface area contributed by atoms with E-state index >= 15 is 0 Å². The van der Waals surface area contributed by atoms with E-state index in [1.807, 2.05) is 12.1 Å². The summed E-state index contributed by atoms with van der Waals surface area (Å²) < 4.78 is 11.7. The number of hydrogen-bond donors (Lipinski definition) is 0. The van der Waals surface area contributed by atoms with Gasteiger partial charge in [-0.2, -0.15) is 0 Å². The highest BCUT2D eigenvalue weighted by Gasteiger charge is 2.32. The molecule has 3 rings (SSSR count). The molecule has 22 heavy (non-hydrogen) atoms. The first kappa shape index (κ1) is 15.5. The van der Waals surface area contributed by atoms with Crippen molar-refractivity contribution in [1.82, 2.24) is 15.1 Å². The van der Waals surface area contributed by atoms with E-state index < -0.39 is 0 Å². The summed E-state index contributed by atoms with van der Waals surface area (Å²) in [5, 5.41) is 7.85. The van der Waals surface area contributed by atoms with E-state index in [2.05, 4.69) is 10.2 Å². The molecule has 0 aliphatic carbocycles. The maximum atomic E-state index is 12.5. The highest BCUT2D eigenvalue weighted by Crippen LogP contribution is 2.26. The maximum Gasteiger partial charge on any atom is 0.241 e. The molecule has 1 fully saturated rings. The minimum absolute atomic E-state index is 0.0636. The molecule has 1 atom stereocenters. The van der Waals surface area contributed by atoms with Crippen LogP contribution in [0.3, 0.4) is 0 Å². The molecule has 1 aliphatic heterocycles. The zero-order valence-electron chi connectivity index (χ0n) is 12.1. The molecular weight excluding hydrogens is 326 g/mol. The molecule has 0 unspecified atom stereocenters. The molecule has 1 aliphatic rings. The summed E-state index contributed by atoms with van der Waals surface area (Å²) in [7, 11) is 0. The largest absolute Gasteiger partial charge is 0.423 e. The van der Waals surface area contributed by atoms with Crippen molar-refractivity contribution in [2.75, 3.05) is 19.8 Å². The molecule has 8 heteroatoms. The highest BCUT2D eigenvalue weighted by atomic mass is 35.5. The van der Waals surface area contributed by atoms with Crippen molar-refractivity contribution < 1.29 is 13.9 Å². The third-order valence-corrected chi connectivity index (χ3v) is 4.78. The van der Waals surface area contributed by atoms with Gasteiger partial charge in [0, 0.05) is 24.8 Å². The number of ether oxygens (including phenoxy) is 1. The fraction of sp³-hybridized carbons (Fsp3) is 0.500. The van der Waals surface area contributed by atoms with Gasteiger partial charge in [-0.25, -0.2) is 0 Å². The highest BCUT2D eigenvalue weighted by molar-refractivity contribution is 7.16. The van der Waals surface area contributed by atoms with Crippen LogP contribution in [0.2, 0.25) is 4.34 Å².